The molecule has 1 fully saturated rings. The summed E-state index contributed by atoms with van der Waals surface area (Å²) in [5.74, 6) is -0.416. The topological polar surface area (TPSA) is 55.1 Å². The zero-order valence-corrected chi connectivity index (χ0v) is 11.2. The van der Waals surface area contributed by atoms with Crippen molar-refractivity contribution in [3.05, 3.63) is 18.2 Å². The second kappa shape index (κ2) is 5.55. The minimum atomic E-state index is -0.778. The summed E-state index contributed by atoms with van der Waals surface area (Å²) in [6.45, 7) is 4.19. The molecule has 1 saturated carbocycles. The van der Waals surface area contributed by atoms with E-state index in [0.717, 1.165) is 5.92 Å². The van der Waals surface area contributed by atoms with Crippen LogP contribution in [0.2, 0.25) is 0 Å². The van der Waals surface area contributed by atoms with Crippen molar-refractivity contribution in [1.29, 1.82) is 0 Å². The number of aromatic nitrogens is 2. The van der Waals surface area contributed by atoms with Crippen LogP contribution in [-0.4, -0.2) is 20.6 Å². The monoisotopic (exact) mass is 250 g/mol. The Hall–Kier alpha value is -1.32. The maximum absolute atomic E-state index is 11.1. The molecule has 0 radical (unpaired) electrons. The quantitative estimate of drug-likeness (QED) is 0.892. The van der Waals surface area contributed by atoms with E-state index in [1.807, 2.05) is 19.4 Å². The Morgan fingerprint density at radius 1 is 1.50 bits per heavy atom. The Morgan fingerprint density at radius 3 is 2.72 bits per heavy atom. The van der Waals surface area contributed by atoms with Crippen LogP contribution in [0.1, 0.15) is 63.6 Å². The molecule has 1 unspecified atom stereocenters. The van der Waals surface area contributed by atoms with Gasteiger partial charge in [0.25, 0.3) is 0 Å². The summed E-state index contributed by atoms with van der Waals surface area (Å²) < 4.78 is 2.12. The second-order valence-electron chi connectivity index (χ2n) is 5.46. The van der Waals surface area contributed by atoms with Crippen LogP contribution in [0.25, 0.3) is 0 Å². The van der Waals surface area contributed by atoms with Crippen molar-refractivity contribution < 1.29 is 9.90 Å². The first-order chi connectivity index (χ1) is 8.61. The van der Waals surface area contributed by atoms with Crippen LogP contribution in [0.3, 0.4) is 0 Å². The van der Waals surface area contributed by atoms with Crippen LogP contribution in [0.4, 0.5) is 0 Å². The largest absolute Gasteiger partial charge is 0.481 e. The Morgan fingerprint density at radius 2 is 2.17 bits per heavy atom. The van der Waals surface area contributed by atoms with Crippen molar-refractivity contribution in [1.82, 2.24) is 9.55 Å². The van der Waals surface area contributed by atoms with Crippen molar-refractivity contribution in [3.63, 3.8) is 0 Å². The number of nitrogens with zero attached hydrogens (tertiary/aromatic N) is 2. The third-order valence-corrected chi connectivity index (χ3v) is 4.09. The lowest BCUT2D eigenvalue weighted by molar-refractivity contribution is -0.138. The van der Waals surface area contributed by atoms with Crippen molar-refractivity contribution in [2.24, 2.45) is 5.92 Å². The molecule has 0 aromatic carbocycles. The molecule has 0 spiro atoms. The standard InChI is InChI=1S/C14H22N2O2/c1-3-12(14(17)18)13-8-16(9-15-13)11-6-4-10(2)5-7-11/h8-12H,3-7H2,1-2H3,(H,17,18). The third kappa shape index (κ3) is 2.74. The van der Waals surface area contributed by atoms with Gasteiger partial charge in [-0.05, 0) is 38.0 Å². The molecular weight excluding hydrogens is 228 g/mol. The van der Waals surface area contributed by atoms with E-state index >= 15 is 0 Å². The molecule has 2 rings (SSSR count). The Bertz CT molecular complexity index is 406. The summed E-state index contributed by atoms with van der Waals surface area (Å²) in [5, 5.41) is 9.13. The summed E-state index contributed by atoms with van der Waals surface area (Å²) >= 11 is 0. The lowest BCUT2D eigenvalue weighted by Crippen LogP contribution is -2.15. The molecule has 0 bridgehead atoms. The van der Waals surface area contributed by atoms with Crippen LogP contribution >= 0.6 is 0 Å². The van der Waals surface area contributed by atoms with E-state index in [1.165, 1.54) is 25.7 Å². The molecule has 100 valence electrons. The fourth-order valence-corrected chi connectivity index (χ4v) is 2.78. The highest BCUT2D eigenvalue weighted by atomic mass is 16.4. The highest BCUT2D eigenvalue weighted by molar-refractivity contribution is 5.75. The summed E-state index contributed by atoms with van der Waals surface area (Å²) in [5.41, 5.74) is 0.698. The van der Waals surface area contributed by atoms with E-state index in [9.17, 15) is 4.79 Å². The summed E-state index contributed by atoms with van der Waals surface area (Å²) in [4.78, 5) is 15.4. The highest BCUT2D eigenvalue weighted by Crippen LogP contribution is 2.32. The summed E-state index contributed by atoms with van der Waals surface area (Å²) in [6.07, 6.45) is 9.21. The molecule has 1 N–H and O–H groups in total. The zero-order valence-electron chi connectivity index (χ0n) is 11.2. The maximum atomic E-state index is 11.1. The van der Waals surface area contributed by atoms with E-state index in [1.54, 1.807) is 0 Å². The van der Waals surface area contributed by atoms with Crippen molar-refractivity contribution in [2.75, 3.05) is 0 Å². The van der Waals surface area contributed by atoms with Gasteiger partial charge in [0.15, 0.2) is 0 Å². The molecule has 1 aliphatic carbocycles. The van der Waals surface area contributed by atoms with Gasteiger partial charge in [0.1, 0.15) is 5.92 Å². The van der Waals surface area contributed by atoms with E-state index in [-0.39, 0.29) is 0 Å². The van der Waals surface area contributed by atoms with Gasteiger partial charge in [-0.1, -0.05) is 13.8 Å². The smallest absolute Gasteiger partial charge is 0.312 e. The molecule has 0 amide bonds. The number of carboxylic acids is 1. The first-order valence-electron chi connectivity index (χ1n) is 6.88. The van der Waals surface area contributed by atoms with Crippen LogP contribution < -0.4 is 0 Å². The van der Waals surface area contributed by atoms with Crippen LogP contribution in [0.15, 0.2) is 12.5 Å². The van der Waals surface area contributed by atoms with Gasteiger partial charge in [-0.3, -0.25) is 4.79 Å². The van der Waals surface area contributed by atoms with Gasteiger partial charge in [0, 0.05) is 12.2 Å². The lowest BCUT2D eigenvalue weighted by Gasteiger charge is -2.27. The maximum Gasteiger partial charge on any atom is 0.312 e. The van der Waals surface area contributed by atoms with Gasteiger partial charge in [0.05, 0.1) is 12.0 Å². The fraction of sp³-hybridized carbons (Fsp3) is 0.714. The third-order valence-electron chi connectivity index (χ3n) is 4.09. The molecule has 1 aromatic rings. The molecule has 1 atom stereocenters. The Kier molecular flexibility index (Phi) is 4.04. The lowest BCUT2D eigenvalue weighted by atomic mass is 9.87. The number of rotatable bonds is 4. The summed E-state index contributed by atoms with van der Waals surface area (Å²) in [6, 6.07) is 0.508. The molecule has 1 heterocycles. The number of hydrogen-bond acceptors (Lipinski definition) is 2. The number of hydrogen-bond donors (Lipinski definition) is 1. The molecule has 0 saturated heterocycles. The van der Waals surface area contributed by atoms with E-state index in [2.05, 4.69) is 16.5 Å². The summed E-state index contributed by atoms with van der Waals surface area (Å²) in [7, 11) is 0. The van der Waals surface area contributed by atoms with Crippen molar-refractivity contribution >= 4 is 5.97 Å². The van der Waals surface area contributed by atoms with Crippen molar-refractivity contribution in [2.45, 2.75) is 57.9 Å². The molecule has 18 heavy (non-hydrogen) atoms. The first-order valence-corrected chi connectivity index (χ1v) is 6.88. The zero-order chi connectivity index (χ0) is 13.1. The fourth-order valence-electron chi connectivity index (χ4n) is 2.78. The minimum absolute atomic E-state index is 0.464. The van der Waals surface area contributed by atoms with Gasteiger partial charge in [-0.2, -0.15) is 0 Å². The molecule has 4 nitrogen and oxygen atoms in total. The number of carboxylic acid groups (broad SMARTS) is 1. The first kappa shape index (κ1) is 13.1. The number of carbonyl (C=O) groups is 1. The SMILES string of the molecule is CCC(C(=O)O)c1cn(C2CCC(C)CC2)cn1. The van der Waals surface area contributed by atoms with E-state index in [0.29, 0.717) is 18.2 Å². The van der Waals surface area contributed by atoms with Gasteiger partial charge >= 0.3 is 5.97 Å². The minimum Gasteiger partial charge on any atom is -0.481 e. The van der Waals surface area contributed by atoms with E-state index < -0.39 is 11.9 Å². The van der Waals surface area contributed by atoms with Crippen molar-refractivity contribution in [3.8, 4) is 0 Å². The van der Waals surface area contributed by atoms with Crippen LogP contribution in [0, 0.1) is 5.92 Å². The highest BCUT2D eigenvalue weighted by Gasteiger charge is 2.23. The van der Waals surface area contributed by atoms with Crippen LogP contribution in [0.5, 0.6) is 0 Å². The van der Waals surface area contributed by atoms with E-state index in [4.69, 9.17) is 5.11 Å². The Balaban J connectivity index is 2.08. The second-order valence-corrected chi connectivity index (χ2v) is 5.46. The molecule has 4 heteroatoms. The Labute approximate surface area is 108 Å². The van der Waals surface area contributed by atoms with Gasteiger partial charge in [-0.25, -0.2) is 4.98 Å². The van der Waals surface area contributed by atoms with Gasteiger partial charge in [0.2, 0.25) is 0 Å². The average molecular weight is 250 g/mol. The molecule has 1 aromatic heterocycles. The normalized spacial score (nSPS) is 25.9. The predicted molar refractivity (Wildman–Crippen MR) is 69.6 cm³/mol. The predicted octanol–water partition coefficient (Wildman–Crippen LogP) is 3.21. The average Bonchev–Trinajstić information content (AvgIpc) is 2.80. The van der Waals surface area contributed by atoms with Gasteiger partial charge < -0.3 is 9.67 Å². The number of aliphatic carboxylic acids is 1. The molecule has 1 aliphatic rings. The molecule has 0 aliphatic heterocycles. The number of imidazole rings is 1. The van der Waals surface area contributed by atoms with Gasteiger partial charge in [-0.15, -0.1) is 0 Å². The molecular formula is C14H22N2O2. The van der Waals surface area contributed by atoms with Crippen LogP contribution in [-0.2, 0) is 4.79 Å².